The maximum absolute atomic E-state index is 15.8. The number of para-hydroxylation sites is 1. The second-order valence-electron chi connectivity index (χ2n) is 10.0. The molecule has 4 rings (SSSR count). The maximum atomic E-state index is 15.8. The molecule has 2 aromatic heterocycles. The molecule has 0 aliphatic rings. The number of rotatable bonds is 10. The van der Waals surface area contributed by atoms with Gasteiger partial charge in [-0.2, -0.15) is 0 Å². The van der Waals surface area contributed by atoms with E-state index in [2.05, 4.69) is 4.98 Å². The van der Waals surface area contributed by atoms with Crippen LogP contribution in [0, 0.1) is 5.82 Å². The number of aromatic nitrogens is 1. The molecule has 0 aliphatic heterocycles. The molecule has 9 heteroatoms. The number of nitrogens with zero attached hydrogens (tertiary/aromatic N) is 1. The third-order valence-corrected chi connectivity index (χ3v) is 9.29. The normalized spacial score (nSPS) is 12.5. The van der Waals surface area contributed by atoms with Crippen LogP contribution >= 0.6 is 22.9 Å². The average Bonchev–Trinajstić information content (AvgIpc) is 3.26. The fourth-order valence-electron chi connectivity index (χ4n) is 4.16. The highest BCUT2D eigenvalue weighted by Crippen LogP contribution is 2.39. The molecule has 39 heavy (non-hydrogen) atoms. The number of hydrogen-bond acceptors (Lipinski definition) is 6. The van der Waals surface area contributed by atoms with Gasteiger partial charge in [0.2, 0.25) is 0 Å². The Bertz CT molecular complexity index is 1510. The van der Waals surface area contributed by atoms with E-state index in [4.69, 9.17) is 21.1 Å². The predicted octanol–water partition coefficient (Wildman–Crippen LogP) is 7.53. The van der Waals surface area contributed by atoms with Crippen molar-refractivity contribution in [3.63, 3.8) is 0 Å². The van der Waals surface area contributed by atoms with Crippen molar-refractivity contribution in [2.24, 2.45) is 0 Å². The molecule has 0 N–H and O–H groups in total. The number of pyridine rings is 1. The first-order chi connectivity index (χ1) is 18.6. The van der Waals surface area contributed by atoms with E-state index < -0.39 is 16.6 Å². The van der Waals surface area contributed by atoms with Crippen LogP contribution in [0.1, 0.15) is 44.5 Å². The zero-order valence-electron chi connectivity index (χ0n) is 22.4. The van der Waals surface area contributed by atoms with Crippen molar-refractivity contribution in [3.05, 3.63) is 81.7 Å². The lowest BCUT2D eigenvalue weighted by atomic mass is 9.98. The minimum Gasteiger partial charge on any atom is -0.489 e. The Kier molecular flexibility index (Phi) is 9.41. The summed E-state index contributed by atoms with van der Waals surface area (Å²) in [5.74, 6) is 0.168. The maximum Gasteiger partial charge on any atom is 0.310 e. The number of ether oxygens (including phenoxy) is 2. The van der Waals surface area contributed by atoms with E-state index in [1.54, 1.807) is 19.2 Å². The van der Waals surface area contributed by atoms with E-state index in [0.717, 1.165) is 21.2 Å². The van der Waals surface area contributed by atoms with Crippen molar-refractivity contribution in [1.82, 2.24) is 4.98 Å². The first-order valence-corrected chi connectivity index (χ1v) is 15.2. The number of carbonyl (C=O) groups excluding carboxylic acids is 1. The minimum atomic E-state index is -1.12. The summed E-state index contributed by atoms with van der Waals surface area (Å²) in [7, 11) is -1.12. The van der Waals surface area contributed by atoms with Gasteiger partial charge in [-0.3, -0.25) is 14.0 Å². The zero-order chi connectivity index (χ0) is 28.2. The van der Waals surface area contributed by atoms with Crippen LogP contribution in [0.2, 0.25) is 4.34 Å². The molecule has 4 aromatic rings. The van der Waals surface area contributed by atoms with Crippen molar-refractivity contribution in [2.45, 2.75) is 51.9 Å². The van der Waals surface area contributed by atoms with Crippen LogP contribution < -0.4 is 4.74 Å². The molecule has 0 fully saturated rings. The van der Waals surface area contributed by atoms with Crippen molar-refractivity contribution >= 4 is 49.8 Å². The third-order valence-electron chi connectivity index (χ3n) is 6.13. The van der Waals surface area contributed by atoms with Crippen LogP contribution in [0.5, 0.6) is 5.75 Å². The molecular weight excluding hydrogens is 557 g/mol. The van der Waals surface area contributed by atoms with E-state index >= 15 is 4.39 Å². The Morgan fingerprint density at radius 2 is 1.90 bits per heavy atom. The Labute approximate surface area is 239 Å². The van der Waals surface area contributed by atoms with Gasteiger partial charge in [-0.05, 0) is 69.2 Å². The summed E-state index contributed by atoms with van der Waals surface area (Å²) in [5, 5.41) is 0.839. The van der Waals surface area contributed by atoms with Crippen LogP contribution in [-0.2, 0) is 39.8 Å². The monoisotopic (exact) mass is 587 g/mol. The lowest BCUT2D eigenvalue weighted by Crippen LogP contribution is -2.25. The number of thiophene rings is 1. The Hall–Kier alpha value is -2.81. The fraction of sp³-hybridized carbons (Fsp3) is 0.333. The van der Waals surface area contributed by atoms with Crippen LogP contribution in [0.3, 0.4) is 0 Å². The Morgan fingerprint density at radius 1 is 1.13 bits per heavy atom. The number of fused-ring (bicyclic) bond motifs is 1. The van der Waals surface area contributed by atoms with E-state index in [9.17, 15) is 9.00 Å². The number of benzene rings is 2. The number of halogens is 2. The third kappa shape index (κ3) is 7.24. The second-order valence-corrected chi connectivity index (χ2v) is 14.1. The largest absolute Gasteiger partial charge is 0.489 e. The van der Waals surface area contributed by atoms with Crippen LogP contribution in [0.25, 0.3) is 21.2 Å². The van der Waals surface area contributed by atoms with Gasteiger partial charge in [0.25, 0.3) is 0 Å². The molecule has 0 aliphatic carbocycles. The lowest BCUT2D eigenvalue weighted by Gasteiger charge is -2.17. The number of carbonyl (C=O) groups is 1. The molecule has 0 amide bonds. The molecule has 1 atom stereocenters. The van der Waals surface area contributed by atoms with Crippen molar-refractivity contribution in [2.75, 3.05) is 12.4 Å². The predicted molar refractivity (Wildman–Crippen MR) is 158 cm³/mol. The molecular formula is C30H31ClFNO4S2. The number of esters is 1. The summed E-state index contributed by atoms with van der Waals surface area (Å²) in [6.45, 7) is 8.01. The molecule has 2 aromatic carbocycles. The van der Waals surface area contributed by atoms with Gasteiger partial charge in [0, 0.05) is 55.1 Å². The Morgan fingerprint density at radius 3 is 2.64 bits per heavy atom. The van der Waals surface area contributed by atoms with Gasteiger partial charge >= 0.3 is 5.97 Å². The van der Waals surface area contributed by atoms with E-state index in [-0.39, 0.29) is 35.9 Å². The topological polar surface area (TPSA) is 65.5 Å². The number of aryl methyl sites for hydroxylation is 1. The standard InChI is InChI=1S/C30H31ClFNO4S2/c1-5-36-28(34)16-20-8-6-7-9-25(20)37-18-19-14-22(23-17-27(31)38-26(23)15-19)21-10-12-33-24(29(21)32)11-13-39(35)30(2,3)4/h6-10,12,14-15,17H,5,11,13,16,18H2,1-4H3/t39-/m1/s1. The van der Waals surface area contributed by atoms with Gasteiger partial charge in [0.15, 0.2) is 5.82 Å². The summed E-state index contributed by atoms with van der Waals surface area (Å²) in [6, 6.07) is 14.7. The van der Waals surface area contributed by atoms with E-state index in [1.807, 2.05) is 63.2 Å². The SMILES string of the molecule is CCOC(=O)Cc1ccccc1OCc1cc(-c2ccnc(CC[S@@](=O)C(C)(C)C)c2F)c2cc(Cl)sc2c1. The van der Waals surface area contributed by atoms with Gasteiger partial charge in [-0.15, -0.1) is 11.3 Å². The molecule has 0 saturated carbocycles. The average molecular weight is 588 g/mol. The molecule has 0 unspecified atom stereocenters. The molecule has 5 nitrogen and oxygen atoms in total. The van der Waals surface area contributed by atoms with Crippen molar-refractivity contribution in [3.8, 4) is 16.9 Å². The summed E-state index contributed by atoms with van der Waals surface area (Å²) < 4.78 is 40.7. The van der Waals surface area contributed by atoms with Gasteiger partial charge in [-0.1, -0.05) is 29.8 Å². The highest BCUT2D eigenvalue weighted by molar-refractivity contribution is 7.86. The first-order valence-electron chi connectivity index (χ1n) is 12.7. The lowest BCUT2D eigenvalue weighted by molar-refractivity contribution is -0.142. The van der Waals surface area contributed by atoms with Gasteiger partial charge in [0.05, 0.1) is 23.1 Å². The van der Waals surface area contributed by atoms with Crippen LogP contribution in [-0.4, -0.2) is 32.3 Å². The van der Waals surface area contributed by atoms with Crippen LogP contribution in [0.15, 0.2) is 54.7 Å². The highest BCUT2D eigenvalue weighted by atomic mass is 35.5. The molecule has 0 bridgehead atoms. The van der Waals surface area contributed by atoms with E-state index in [0.29, 0.717) is 33.6 Å². The zero-order valence-corrected chi connectivity index (χ0v) is 24.8. The smallest absolute Gasteiger partial charge is 0.310 e. The van der Waals surface area contributed by atoms with Crippen molar-refractivity contribution in [1.29, 1.82) is 0 Å². The molecule has 0 spiro atoms. The quantitative estimate of drug-likeness (QED) is 0.179. The van der Waals surface area contributed by atoms with Gasteiger partial charge in [0.1, 0.15) is 12.4 Å². The van der Waals surface area contributed by atoms with Crippen LogP contribution in [0.4, 0.5) is 4.39 Å². The summed E-state index contributed by atoms with van der Waals surface area (Å²) in [5.41, 5.74) is 2.94. The fourth-order valence-corrected chi connectivity index (χ4v) is 6.38. The van der Waals surface area contributed by atoms with E-state index in [1.165, 1.54) is 11.3 Å². The molecule has 0 saturated heterocycles. The first kappa shape index (κ1) is 29.2. The Balaban J connectivity index is 1.64. The molecule has 2 heterocycles. The molecule has 0 radical (unpaired) electrons. The number of hydrogen-bond donors (Lipinski definition) is 0. The van der Waals surface area contributed by atoms with Gasteiger partial charge in [-0.25, -0.2) is 4.39 Å². The highest BCUT2D eigenvalue weighted by Gasteiger charge is 2.21. The molecule has 206 valence electrons. The summed E-state index contributed by atoms with van der Waals surface area (Å²) >= 11 is 7.78. The minimum absolute atomic E-state index is 0.111. The van der Waals surface area contributed by atoms with Gasteiger partial charge < -0.3 is 9.47 Å². The summed E-state index contributed by atoms with van der Waals surface area (Å²) in [6.07, 6.45) is 1.97. The second kappa shape index (κ2) is 12.6. The summed E-state index contributed by atoms with van der Waals surface area (Å²) in [4.78, 5) is 16.3. The van der Waals surface area contributed by atoms with Crippen molar-refractivity contribution < 1.29 is 22.9 Å².